The summed E-state index contributed by atoms with van der Waals surface area (Å²) in [4.78, 5) is 41.1. The Morgan fingerprint density at radius 2 is 1.62 bits per heavy atom. The number of ether oxygens (including phenoxy) is 1. The van der Waals surface area contributed by atoms with E-state index in [1.165, 1.54) is 5.01 Å². The summed E-state index contributed by atoms with van der Waals surface area (Å²) in [6, 6.07) is 6.01. The number of aryl methyl sites for hydroxylation is 1. The van der Waals surface area contributed by atoms with E-state index in [0.717, 1.165) is 29.8 Å². The minimum Gasteiger partial charge on any atom is -0.378 e. The van der Waals surface area contributed by atoms with Crippen molar-refractivity contribution in [3.05, 3.63) is 34.9 Å². The lowest BCUT2D eigenvalue weighted by Crippen LogP contribution is -2.55. The molecule has 1 aromatic carbocycles. The van der Waals surface area contributed by atoms with Crippen LogP contribution < -0.4 is 0 Å². The number of piperazine rings is 1. The van der Waals surface area contributed by atoms with E-state index in [-0.39, 0.29) is 17.7 Å². The van der Waals surface area contributed by atoms with Gasteiger partial charge in [-0.2, -0.15) is 0 Å². The van der Waals surface area contributed by atoms with Crippen LogP contribution in [0.3, 0.4) is 0 Å². The van der Waals surface area contributed by atoms with Crippen LogP contribution in [0.2, 0.25) is 0 Å². The molecule has 156 valence electrons. The van der Waals surface area contributed by atoms with Crippen molar-refractivity contribution in [2.45, 2.75) is 26.3 Å². The molecule has 0 bridgehead atoms. The van der Waals surface area contributed by atoms with Gasteiger partial charge < -0.3 is 9.64 Å². The fraction of sp³-hybridized carbons (Fsp3) is 0.571. The number of morpholine rings is 1. The van der Waals surface area contributed by atoms with Gasteiger partial charge in [0, 0.05) is 64.2 Å². The molecule has 3 fully saturated rings. The van der Waals surface area contributed by atoms with Crippen LogP contribution in [-0.2, 0) is 20.9 Å². The van der Waals surface area contributed by atoms with E-state index in [1.54, 1.807) is 0 Å². The van der Waals surface area contributed by atoms with Crippen LogP contribution in [0.1, 0.15) is 34.3 Å². The van der Waals surface area contributed by atoms with Gasteiger partial charge in [-0.15, -0.1) is 0 Å². The summed E-state index contributed by atoms with van der Waals surface area (Å²) in [6.07, 6.45) is 0.630. The van der Waals surface area contributed by atoms with Gasteiger partial charge in [-0.3, -0.25) is 19.3 Å². The van der Waals surface area contributed by atoms with Crippen LogP contribution in [0.4, 0.5) is 0 Å². The van der Waals surface area contributed by atoms with Crippen molar-refractivity contribution in [2.75, 3.05) is 52.5 Å². The summed E-state index contributed by atoms with van der Waals surface area (Å²) < 4.78 is 5.37. The second-order valence-corrected chi connectivity index (χ2v) is 7.89. The first-order valence-electron chi connectivity index (χ1n) is 10.3. The Kier molecular flexibility index (Phi) is 5.94. The molecule has 0 saturated carbocycles. The summed E-state index contributed by atoms with van der Waals surface area (Å²) in [5.74, 6) is -0.128. The number of hydrogen-bond donors (Lipinski definition) is 0. The number of hydrogen-bond acceptors (Lipinski definition) is 6. The lowest BCUT2D eigenvalue weighted by atomic mass is 10.0. The Morgan fingerprint density at radius 1 is 0.966 bits per heavy atom. The predicted molar refractivity (Wildman–Crippen MR) is 106 cm³/mol. The molecular weight excluding hydrogens is 372 g/mol. The third-order valence-corrected chi connectivity index (χ3v) is 5.84. The topological polar surface area (TPSA) is 73.4 Å². The molecule has 3 aliphatic rings. The van der Waals surface area contributed by atoms with Gasteiger partial charge in [-0.1, -0.05) is 17.7 Å². The average Bonchev–Trinajstić information content (AvgIpc) is 3.07. The molecule has 29 heavy (non-hydrogen) atoms. The van der Waals surface area contributed by atoms with Crippen LogP contribution in [0, 0.1) is 6.92 Å². The number of amides is 3. The third kappa shape index (κ3) is 4.34. The average molecular weight is 400 g/mol. The third-order valence-electron chi connectivity index (χ3n) is 5.84. The highest BCUT2D eigenvalue weighted by atomic mass is 16.5. The van der Waals surface area contributed by atoms with Crippen molar-refractivity contribution in [3.8, 4) is 0 Å². The maximum atomic E-state index is 13.0. The Morgan fingerprint density at radius 3 is 2.28 bits per heavy atom. The first-order valence-corrected chi connectivity index (χ1v) is 10.3. The molecule has 0 aliphatic carbocycles. The second kappa shape index (κ2) is 8.61. The molecule has 3 saturated heterocycles. The highest BCUT2D eigenvalue weighted by Gasteiger charge is 2.35. The van der Waals surface area contributed by atoms with Gasteiger partial charge in [0.25, 0.3) is 5.91 Å². The van der Waals surface area contributed by atoms with Crippen LogP contribution in [0.15, 0.2) is 18.2 Å². The molecule has 0 unspecified atom stereocenters. The molecule has 0 radical (unpaired) electrons. The molecule has 1 aromatic rings. The van der Waals surface area contributed by atoms with Crippen LogP contribution >= 0.6 is 0 Å². The van der Waals surface area contributed by atoms with E-state index >= 15 is 0 Å². The standard InChI is InChI=1S/C21H28N4O4/c1-16-2-3-18(21(28)23-10-12-29-13-11-23)17(14-16)15-22-6-8-24(9-7-22)25-19(26)4-5-20(25)27/h2-3,14H,4-13,15H2,1H3. The van der Waals surface area contributed by atoms with E-state index in [4.69, 9.17) is 4.74 Å². The first kappa shape index (κ1) is 20.0. The highest BCUT2D eigenvalue weighted by molar-refractivity contribution is 6.01. The SMILES string of the molecule is Cc1ccc(C(=O)N2CCOCC2)c(CN2CCN(N3C(=O)CCC3=O)CC2)c1. The molecular formula is C21H28N4O4. The number of hydrazine groups is 1. The fourth-order valence-electron chi connectivity index (χ4n) is 4.22. The monoisotopic (exact) mass is 400 g/mol. The zero-order chi connectivity index (χ0) is 20.4. The van der Waals surface area contributed by atoms with Crippen LogP contribution in [0.25, 0.3) is 0 Å². The van der Waals surface area contributed by atoms with E-state index in [2.05, 4.69) is 11.0 Å². The maximum absolute atomic E-state index is 13.0. The van der Waals surface area contributed by atoms with Gasteiger partial charge in [-0.05, 0) is 18.6 Å². The molecule has 0 atom stereocenters. The van der Waals surface area contributed by atoms with Gasteiger partial charge in [0.2, 0.25) is 11.8 Å². The highest BCUT2D eigenvalue weighted by Crippen LogP contribution is 2.20. The molecule has 3 amide bonds. The second-order valence-electron chi connectivity index (χ2n) is 7.89. The first-order chi connectivity index (χ1) is 14.0. The summed E-state index contributed by atoms with van der Waals surface area (Å²) >= 11 is 0. The molecule has 8 heteroatoms. The van der Waals surface area contributed by atoms with E-state index in [9.17, 15) is 14.4 Å². The van der Waals surface area contributed by atoms with E-state index in [0.29, 0.717) is 58.8 Å². The van der Waals surface area contributed by atoms with E-state index in [1.807, 2.05) is 29.0 Å². The van der Waals surface area contributed by atoms with Gasteiger partial charge >= 0.3 is 0 Å². The number of rotatable bonds is 4. The summed E-state index contributed by atoms with van der Waals surface area (Å²) in [6.45, 7) is 7.91. The molecule has 3 heterocycles. The normalized spacial score (nSPS) is 21.8. The number of nitrogens with zero attached hydrogens (tertiary/aromatic N) is 4. The molecule has 8 nitrogen and oxygen atoms in total. The number of imide groups is 1. The summed E-state index contributed by atoms with van der Waals surface area (Å²) in [7, 11) is 0. The van der Waals surface area contributed by atoms with Crippen molar-refractivity contribution in [3.63, 3.8) is 0 Å². The molecule has 4 rings (SSSR count). The van der Waals surface area contributed by atoms with Gasteiger partial charge in [0.15, 0.2) is 0 Å². The smallest absolute Gasteiger partial charge is 0.254 e. The van der Waals surface area contributed by atoms with Gasteiger partial charge in [-0.25, -0.2) is 10.0 Å². The van der Waals surface area contributed by atoms with E-state index < -0.39 is 0 Å². The van der Waals surface area contributed by atoms with Crippen molar-refractivity contribution in [2.24, 2.45) is 0 Å². The Bertz CT molecular complexity index is 782. The fourth-order valence-corrected chi connectivity index (χ4v) is 4.22. The molecule has 3 aliphatic heterocycles. The Balaban J connectivity index is 1.42. The van der Waals surface area contributed by atoms with Crippen molar-refractivity contribution in [1.82, 2.24) is 19.8 Å². The minimum absolute atomic E-state index is 0.0650. The molecule has 0 N–H and O–H groups in total. The largest absolute Gasteiger partial charge is 0.378 e. The summed E-state index contributed by atoms with van der Waals surface area (Å²) in [5.41, 5.74) is 2.92. The number of carbonyl (C=O) groups excluding carboxylic acids is 3. The van der Waals surface area contributed by atoms with Crippen molar-refractivity contribution in [1.29, 1.82) is 0 Å². The van der Waals surface area contributed by atoms with Crippen molar-refractivity contribution < 1.29 is 19.1 Å². The maximum Gasteiger partial charge on any atom is 0.254 e. The lowest BCUT2D eigenvalue weighted by molar-refractivity contribution is -0.160. The van der Waals surface area contributed by atoms with Crippen LogP contribution in [0.5, 0.6) is 0 Å². The molecule has 0 spiro atoms. The minimum atomic E-state index is -0.0967. The van der Waals surface area contributed by atoms with Gasteiger partial charge in [0.1, 0.15) is 0 Å². The summed E-state index contributed by atoms with van der Waals surface area (Å²) in [5, 5.41) is 3.20. The predicted octanol–water partition coefficient (Wildman–Crippen LogP) is 0.649. The zero-order valence-corrected chi connectivity index (χ0v) is 16.9. The quantitative estimate of drug-likeness (QED) is 0.691. The Hall–Kier alpha value is -2.29. The number of carbonyl (C=O) groups is 3. The van der Waals surface area contributed by atoms with Gasteiger partial charge in [0.05, 0.1) is 13.2 Å². The van der Waals surface area contributed by atoms with Crippen LogP contribution in [-0.4, -0.2) is 90.0 Å². The molecule has 0 aromatic heterocycles. The van der Waals surface area contributed by atoms with Crippen molar-refractivity contribution >= 4 is 17.7 Å². The number of benzene rings is 1. The zero-order valence-electron chi connectivity index (χ0n) is 16.9. The Labute approximate surface area is 170 Å². The lowest BCUT2D eigenvalue weighted by Gasteiger charge is -2.38.